The Labute approximate surface area is 184 Å². The molecule has 4 atom stereocenters. The molecule has 0 aliphatic rings. The van der Waals surface area contributed by atoms with Crippen LogP contribution in [0.4, 0.5) is 11.4 Å². The van der Waals surface area contributed by atoms with Crippen molar-refractivity contribution in [2.75, 3.05) is 11.5 Å². The number of rotatable bonds is 9. The van der Waals surface area contributed by atoms with Crippen LogP contribution in [0.2, 0.25) is 0 Å². The molecule has 0 aliphatic carbocycles. The van der Waals surface area contributed by atoms with Crippen molar-refractivity contribution >= 4 is 11.4 Å². The van der Waals surface area contributed by atoms with E-state index in [9.17, 15) is 0 Å². The molecule has 0 saturated carbocycles. The number of nitrogen functional groups attached to an aromatic ring is 2. The molecule has 6 N–H and O–H groups in total. The minimum Gasteiger partial charge on any atom is -0.398 e. The van der Waals surface area contributed by atoms with Gasteiger partial charge in [0.05, 0.1) is 0 Å². The Hall–Kier alpha value is -2.04. The van der Waals surface area contributed by atoms with Crippen LogP contribution in [-0.2, 0) is 0 Å². The van der Waals surface area contributed by atoms with E-state index in [1.54, 1.807) is 0 Å². The van der Waals surface area contributed by atoms with Crippen LogP contribution >= 0.6 is 0 Å². The van der Waals surface area contributed by atoms with Crippen molar-refractivity contribution in [1.29, 1.82) is 0 Å². The van der Waals surface area contributed by atoms with Crippen molar-refractivity contribution in [2.45, 2.75) is 85.5 Å². The maximum absolute atomic E-state index is 5.96. The van der Waals surface area contributed by atoms with Crippen LogP contribution < -0.4 is 22.1 Å². The van der Waals surface area contributed by atoms with E-state index in [1.165, 1.54) is 17.5 Å². The molecule has 0 radical (unpaired) electrons. The molecule has 0 heterocycles. The van der Waals surface area contributed by atoms with Crippen LogP contribution in [-0.4, -0.2) is 12.1 Å². The van der Waals surface area contributed by atoms with E-state index in [-0.39, 0.29) is 0 Å². The van der Waals surface area contributed by atoms with Crippen LogP contribution in [0.1, 0.15) is 84.5 Å². The van der Waals surface area contributed by atoms with E-state index in [4.69, 9.17) is 11.5 Å². The number of hydrogen-bond donors (Lipinski definition) is 4. The molecule has 0 bridgehead atoms. The number of anilines is 2. The fourth-order valence-electron chi connectivity index (χ4n) is 3.74. The zero-order valence-corrected chi connectivity index (χ0v) is 20.1. The van der Waals surface area contributed by atoms with Crippen LogP contribution in [0.5, 0.6) is 0 Å². The van der Waals surface area contributed by atoms with Gasteiger partial charge in [0.15, 0.2) is 0 Å². The lowest BCUT2D eigenvalue weighted by Gasteiger charge is -2.22. The third kappa shape index (κ3) is 9.19. The lowest BCUT2D eigenvalue weighted by atomic mass is 10.0. The van der Waals surface area contributed by atoms with Gasteiger partial charge in [-0.3, -0.25) is 0 Å². The standard InChI is InChI=1S/C14H24N2.C12H20N2/c1-10(2)9-11(3)16-12(4)13-7-5-6-8-14(13)15;1-4-9(2)14-10(3)11-7-5-6-8-12(11)13/h5-8,10-12,16H,9,15H2,1-4H3;5-10,14H,4,13H2,1-3H3. The monoisotopic (exact) mass is 412 g/mol. The lowest BCUT2D eigenvalue weighted by Crippen LogP contribution is -2.30. The van der Waals surface area contributed by atoms with E-state index in [2.05, 4.69) is 71.2 Å². The molecule has 0 aliphatic heterocycles. The Morgan fingerprint density at radius 2 is 1.07 bits per heavy atom. The number of para-hydroxylation sites is 2. The number of nitrogens with two attached hydrogens (primary N) is 2. The van der Waals surface area contributed by atoms with Gasteiger partial charge in [0, 0.05) is 35.5 Å². The second-order valence-corrected chi connectivity index (χ2v) is 8.87. The third-order valence-electron chi connectivity index (χ3n) is 5.43. The van der Waals surface area contributed by atoms with E-state index >= 15 is 0 Å². The maximum atomic E-state index is 5.96. The van der Waals surface area contributed by atoms with Gasteiger partial charge in [-0.05, 0) is 69.7 Å². The number of benzene rings is 2. The smallest absolute Gasteiger partial charge is 0.0362 e. The Morgan fingerprint density at radius 1 is 0.667 bits per heavy atom. The van der Waals surface area contributed by atoms with Crippen LogP contribution in [0, 0.1) is 5.92 Å². The summed E-state index contributed by atoms with van der Waals surface area (Å²) in [6, 6.07) is 17.8. The van der Waals surface area contributed by atoms with Crippen molar-refractivity contribution in [3.05, 3.63) is 59.7 Å². The number of hydrogen-bond acceptors (Lipinski definition) is 4. The molecule has 2 rings (SSSR count). The zero-order valence-electron chi connectivity index (χ0n) is 20.1. The highest BCUT2D eigenvalue weighted by Gasteiger charge is 2.12. The second kappa shape index (κ2) is 13.3. The summed E-state index contributed by atoms with van der Waals surface area (Å²) in [5, 5.41) is 7.09. The highest BCUT2D eigenvalue weighted by molar-refractivity contribution is 5.48. The molecule has 4 nitrogen and oxygen atoms in total. The minimum absolute atomic E-state index is 0.315. The summed E-state index contributed by atoms with van der Waals surface area (Å²) in [6.45, 7) is 15.4. The third-order valence-corrected chi connectivity index (χ3v) is 5.43. The van der Waals surface area contributed by atoms with Crippen molar-refractivity contribution in [3.8, 4) is 0 Å². The Morgan fingerprint density at radius 3 is 1.43 bits per heavy atom. The molecule has 0 spiro atoms. The first-order valence-electron chi connectivity index (χ1n) is 11.4. The van der Waals surface area contributed by atoms with Crippen molar-refractivity contribution in [1.82, 2.24) is 10.6 Å². The van der Waals surface area contributed by atoms with Crippen LogP contribution in [0.25, 0.3) is 0 Å². The van der Waals surface area contributed by atoms with Gasteiger partial charge in [-0.1, -0.05) is 57.2 Å². The molecule has 0 amide bonds. The summed E-state index contributed by atoms with van der Waals surface area (Å²) in [5.41, 5.74) is 16.0. The first-order valence-corrected chi connectivity index (χ1v) is 11.4. The summed E-state index contributed by atoms with van der Waals surface area (Å²) in [7, 11) is 0. The molecular weight excluding hydrogens is 368 g/mol. The first kappa shape index (κ1) is 26.0. The highest BCUT2D eigenvalue weighted by atomic mass is 14.9. The largest absolute Gasteiger partial charge is 0.398 e. The van der Waals surface area contributed by atoms with Gasteiger partial charge in [0.1, 0.15) is 0 Å². The molecule has 4 unspecified atom stereocenters. The van der Waals surface area contributed by atoms with Crippen molar-refractivity contribution in [3.63, 3.8) is 0 Å². The normalized spacial score (nSPS) is 15.1. The summed E-state index contributed by atoms with van der Waals surface area (Å²) in [5.74, 6) is 0.725. The van der Waals surface area contributed by atoms with Gasteiger partial charge in [-0.2, -0.15) is 0 Å². The predicted octanol–water partition coefficient (Wildman–Crippen LogP) is 6.07. The molecule has 2 aromatic carbocycles. The Kier molecular flexibility index (Phi) is 11.5. The summed E-state index contributed by atoms with van der Waals surface area (Å²) >= 11 is 0. The SMILES string of the molecule is CC(C)CC(C)NC(C)c1ccccc1N.CCC(C)NC(C)c1ccccc1N. The lowest BCUT2D eigenvalue weighted by molar-refractivity contribution is 0.407. The second-order valence-electron chi connectivity index (χ2n) is 8.87. The van der Waals surface area contributed by atoms with Gasteiger partial charge in [-0.15, -0.1) is 0 Å². The van der Waals surface area contributed by atoms with Gasteiger partial charge in [0.2, 0.25) is 0 Å². The Bertz CT molecular complexity index is 728. The fraction of sp³-hybridized carbons (Fsp3) is 0.538. The van der Waals surface area contributed by atoms with Crippen molar-refractivity contribution in [2.24, 2.45) is 5.92 Å². The summed E-state index contributed by atoms with van der Waals surface area (Å²) < 4.78 is 0. The molecular formula is C26H44N4. The van der Waals surface area contributed by atoms with E-state index < -0.39 is 0 Å². The molecule has 0 fully saturated rings. The van der Waals surface area contributed by atoms with Crippen LogP contribution in [0.3, 0.4) is 0 Å². The van der Waals surface area contributed by atoms with Crippen LogP contribution in [0.15, 0.2) is 48.5 Å². The van der Waals surface area contributed by atoms with Gasteiger partial charge >= 0.3 is 0 Å². The topological polar surface area (TPSA) is 76.1 Å². The molecule has 2 aromatic rings. The predicted molar refractivity (Wildman–Crippen MR) is 133 cm³/mol. The average molecular weight is 413 g/mol. The van der Waals surface area contributed by atoms with Gasteiger partial charge in [0.25, 0.3) is 0 Å². The molecule has 4 heteroatoms. The van der Waals surface area contributed by atoms with Gasteiger partial charge < -0.3 is 22.1 Å². The molecule has 0 saturated heterocycles. The highest BCUT2D eigenvalue weighted by Crippen LogP contribution is 2.21. The average Bonchev–Trinajstić information content (AvgIpc) is 2.68. The quantitative estimate of drug-likeness (QED) is 0.377. The van der Waals surface area contributed by atoms with Gasteiger partial charge in [-0.25, -0.2) is 0 Å². The fourth-order valence-corrected chi connectivity index (χ4v) is 3.74. The first-order chi connectivity index (χ1) is 14.1. The zero-order chi connectivity index (χ0) is 22.7. The number of nitrogens with one attached hydrogen (secondary N) is 2. The summed E-state index contributed by atoms with van der Waals surface area (Å²) in [4.78, 5) is 0. The molecule has 168 valence electrons. The molecule has 0 aromatic heterocycles. The van der Waals surface area contributed by atoms with Crippen molar-refractivity contribution < 1.29 is 0 Å². The minimum atomic E-state index is 0.315. The maximum Gasteiger partial charge on any atom is 0.0362 e. The van der Waals surface area contributed by atoms with E-state index in [0.29, 0.717) is 24.2 Å². The molecule has 30 heavy (non-hydrogen) atoms. The Balaban J connectivity index is 0.000000303. The van der Waals surface area contributed by atoms with E-state index in [1.807, 2.05) is 36.4 Å². The summed E-state index contributed by atoms with van der Waals surface area (Å²) in [6.07, 6.45) is 2.33. The van der Waals surface area contributed by atoms with E-state index in [0.717, 1.165) is 23.7 Å².